The van der Waals surface area contributed by atoms with Crippen molar-refractivity contribution in [2.45, 2.75) is 12.3 Å². The highest BCUT2D eigenvalue weighted by Gasteiger charge is 2.16. The highest BCUT2D eigenvalue weighted by molar-refractivity contribution is 7.78. The van der Waals surface area contributed by atoms with E-state index in [9.17, 15) is 28.1 Å². The Hall–Kier alpha value is -4.02. The molecule has 0 saturated heterocycles. The van der Waals surface area contributed by atoms with E-state index < -0.39 is 27.4 Å². The van der Waals surface area contributed by atoms with Crippen LogP contribution in [0.4, 0.5) is 10.1 Å². The number of nitro groups is 1. The summed E-state index contributed by atoms with van der Waals surface area (Å²) in [5.41, 5.74) is 2.43. The monoisotopic (exact) mass is 478 g/mol. The Bertz CT molecular complexity index is 1440. The molecule has 0 amide bonds. The second kappa shape index (κ2) is 9.86. The van der Waals surface area contributed by atoms with Crippen LogP contribution < -0.4 is 5.56 Å². The Morgan fingerprint density at radius 3 is 2.29 bits per heavy atom. The summed E-state index contributed by atoms with van der Waals surface area (Å²) in [5, 5.41) is 15.3. The van der Waals surface area contributed by atoms with Gasteiger partial charge in [-0.25, -0.2) is 9.07 Å². The number of non-ortho nitro benzene ring substituents is 1. The van der Waals surface area contributed by atoms with Gasteiger partial charge in [-0.2, -0.15) is 5.10 Å². The Kier molecular flexibility index (Phi) is 6.71. The van der Waals surface area contributed by atoms with Crippen LogP contribution in [0.2, 0.25) is 0 Å². The Morgan fingerprint density at radius 2 is 1.65 bits per heavy atom. The number of aromatic nitrogens is 2. The summed E-state index contributed by atoms with van der Waals surface area (Å²) in [5.74, 6) is -0.583. The van der Waals surface area contributed by atoms with E-state index in [0.29, 0.717) is 27.8 Å². The van der Waals surface area contributed by atoms with E-state index in [2.05, 4.69) is 5.10 Å². The fraction of sp³-hybridized carbons (Fsp3) is 0.0833. The third-order valence-electron chi connectivity index (χ3n) is 5.18. The topological polar surface area (TPSA) is 118 Å². The van der Waals surface area contributed by atoms with Crippen LogP contribution in [0.25, 0.3) is 22.3 Å². The molecule has 10 heteroatoms. The molecule has 0 aliphatic heterocycles. The number of hydrogen-bond acceptors (Lipinski definition) is 6. The van der Waals surface area contributed by atoms with Crippen molar-refractivity contribution in [3.05, 3.63) is 116 Å². The maximum atomic E-state index is 13.5. The van der Waals surface area contributed by atoms with Crippen LogP contribution in [0.15, 0.2) is 83.8 Å². The van der Waals surface area contributed by atoms with Crippen molar-refractivity contribution in [1.29, 1.82) is 0 Å². The minimum atomic E-state index is -2.23. The molecule has 4 aromatic rings. The molecule has 0 spiro atoms. The van der Waals surface area contributed by atoms with Gasteiger partial charge >= 0.3 is 0 Å². The van der Waals surface area contributed by atoms with Gasteiger partial charge in [0.15, 0.2) is 0 Å². The van der Waals surface area contributed by atoms with Gasteiger partial charge in [0.25, 0.3) is 11.2 Å². The second-order valence-electron chi connectivity index (χ2n) is 7.47. The number of rotatable bonds is 7. The largest absolute Gasteiger partial charge is 0.772 e. The molecule has 3 aromatic carbocycles. The second-order valence-corrected chi connectivity index (χ2v) is 8.37. The summed E-state index contributed by atoms with van der Waals surface area (Å²) < 4.78 is 36.7. The van der Waals surface area contributed by atoms with Gasteiger partial charge in [-0.3, -0.25) is 19.1 Å². The Morgan fingerprint density at radius 1 is 0.971 bits per heavy atom. The van der Waals surface area contributed by atoms with Gasteiger partial charge in [0.2, 0.25) is 0 Å². The lowest BCUT2D eigenvalue weighted by Crippen LogP contribution is -2.25. The van der Waals surface area contributed by atoms with Crippen molar-refractivity contribution in [1.82, 2.24) is 9.78 Å². The molecule has 0 fully saturated rings. The fourth-order valence-corrected chi connectivity index (χ4v) is 4.04. The van der Waals surface area contributed by atoms with Crippen LogP contribution in [0.5, 0.6) is 0 Å². The quantitative estimate of drug-likeness (QED) is 0.225. The summed E-state index contributed by atoms with van der Waals surface area (Å²) in [4.78, 5) is 24.0. The number of nitrogens with zero attached hydrogens (tertiary/aromatic N) is 3. The van der Waals surface area contributed by atoms with Crippen LogP contribution in [-0.4, -0.2) is 23.5 Å². The van der Waals surface area contributed by atoms with E-state index in [1.165, 1.54) is 53.3 Å². The third kappa shape index (κ3) is 5.13. The van der Waals surface area contributed by atoms with Crippen molar-refractivity contribution in [2.75, 3.05) is 0 Å². The van der Waals surface area contributed by atoms with Crippen molar-refractivity contribution < 1.29 is 18.1 Å². The summed E-state index contributed by atoms with van der Waals surface area (Å²) in [6.45, 7) is 0.00321. The van der Waals surface area contributed by atoms with Crippen molar-refractivity contribution >= 4 is 16.8 Å². The highest BCUT2D eigenvalue weighted by Crippen LogP contribution is 2.29. The molecule has 0 radical (unpaired) electrons. The molecular formula is C24H17FN3O5S-. The molecule has 0 saturated carbocycles. The van der Waals surface area contributed by atoms with E-state index in [1.807, 2.05) is 0 Å². The third-order valence-corrected chi connectivity index (χ3v) is 5.75. The molecule has 172 valence electrons. The van der Waals surface area contributed by atoms with Gasteiger partial charge in [0.1, 0.15) is 5.82 Å². The normalized spacial score (nSPS) is 11.8. The van der Waals surface area contributed by atoms with Crippen LogP contribution in [-0.2, 0) is 23.4 Å². The van der Waals surface area contributed by atoms with Crippen LogP contribution >= 0.6 is 0 Å². The molecule has 0 N–H and O–H groups in total. The lowest BCUT2D eigenvalue weighted by Gasteiger charge is -2.13. The van der Waals surface area contributed by atoms with E-state index in [1.54, 1.807) is 30.3 Å². The fourth-order valence-electron chi connectivity index (χ4n) is 3.57. The molecule has 0 bridgehead atoms. The first-order valence-electron chi connectivity index (χ1n) is 10.1. The summed E-state index contributed by atoms with van der Waals surface area (Å²) in [7, 11) is 0. The SMILES string of the molecule is O=c1c(-c2ccc(F)cc2)c(-c2ccc(CS(=O)[O-])cc2)cnn1Cc1cccc([N+](=O)[O-])c1. The molecular weight excluding hydrogens is 461 g/mol. The van der Waals surface area contributed by atoms with Gasteiger partial charge in [0, 0.05) is 23.4 Å². The first-order valence-corrected chi connectivity index (χ1v) is 11.3. The van der Waals surface area contributed by atoms with E-state index in [-0.39, 0.29) is 23.5 Å². The Balaban J connectivity index is 1.81. The summed E-state index contributed by atoms with van der Waals surface area (Å²) >= 11 is -2.23. The van der Waals surface area contributed by atoms with Gasteiger partial charge in [-0.05, 0) is 34.4 Å². The zero-order valence-corrected chi connectivity index (χ0v) is 18.4. The number of halogens is 1. The number of benzene rings is 3. The molecule has 34 heavy (non-hydrogen) atoms. The molecule has 0 aliphatic rings. The lowest BCUT2D eigenvalue weighted by atomic mass is 9.96. The predicted octanol–water partition coefficient (Wildman–Crippen LogP) is 4.05. The van der Waals surface area contributed by atoms with Crippen LogP contribution in [0.1, 0.15) is 11.1 Å². The predicted molar refractivity (Wildman–Crippen MR) is 124 cm³/mol. The van der Waals surface area contributed by atoms with Gasteiger partial charge in [-0.1, -0.05) is 59.6 Å². The average Bonchev–Trinajstić information content (AvgIpc) is 2.81. The van der Waals surface area contributed by atoms with Crippen LogP contribution in [0, 0.1) is 15.9 Å². The van der Waals surface area contributed by atoms with E-state index in [4.69, 9.17) is 0 Å². The molecule has 1 unspecified atom stereocenters. The maximum Gasteiger partial charge on any atom is 0.275 e. The van der Waals surface area contributed by atoms with E-state index >= 15 is 0 Å². The van der Waals surface area contributed by atoms with Crippen molar-refractivity contribution in [3.8, 4) is 22.3 Å². The first-order chi connectivity index (χ1) is 16.3. The molecule has 1 atom stereocenters. The number of hydrogen-bond donors (Lipinski definition) is 0. The number of nitro benzene ring substituents is 1. The summed E-state index contributed by atoms with van der Waals surface area (Å²) in [6.07, 6.45) is 1.50. The summed E-state index contributed by atoms with van der Waals surface area (Å²) in [6, 6.07) is 18.1. The molecule has 0 aliphatic carbocycles. The van der Waals surface area contributed by atoms with Gasteiger partial charge in [-0.15, -0.1) is 0 Å². The minimum absolute atomic E-state index is 0.00321. The average molecular weight is 478 g/mol. The highest BCUT2D eigenvalue weighted by atomic mass is 32.2. The van der Waals surface area contributed by atoms with Crippen LogP contribution in [0.3, 0.4) is 0 Å². The standard InChI is InChI=1S/C24H18FN3O5S/c25-20-10-8-19(9-11-20)23-22(18-6-4-16(5-7-18)15-34(32)33)13-26-27(24(23)29)14-17-2-1-3-21(12-17)28(30)31/h1-13H,14-15H2,(H,32,33)/p-1. The zero-order valence-electron chi connectivity index (χ0n) is 17.6. The first kappa shape index (κ1) is 23.1. The van der Waals surface area contributed by atoms with E-state index in [0.717, 1.165) is 0 Å². The molecule has 1 aromatic heterocycles. The van der Waals surface area contributed by atoms with Gasteiger partial charge < -0.3 is 4.55 Å². The molecule has 4 rings (SSSR count). The smallest absolute Gasteiger partial charge is 0.275 e. The zero-order chi connectivity index (χ0) is 24.2. The van der Waals surface area contributed by atoms with Gasteiger partial charge in [0.05, 0.1) is 23.2 Å². The van der Waals surface area contributed by atoms with Crippen molar-refractivity contribution in [3.63, 3.8) is 0 Å². The molecule has 1 heterocycles. The lowest BCUT2D eigenvalue weighted by molar-refractivity contribution is -0.384. The maximum absolute atomic E-state index is 13.5. The Labute approximate surface area is 195 Å². The minimum Gasteiger partial charge on any atom is -0.772 e. The van der Waals surface area contributed by atoms with Crippen molar-refractivity contribution in [2.24, 2.45) is 0 Å². The molecule has 8 nitrogen and oxygen atoms in total.